The molecule has 2 aliphatic carbocycles. The van der Waals surface area contributed by atoms with Crippen molar-refractivity contribution in [2.24, 2.45) is 5.92 Å². The molecule has 0 saturated carbocycles. The average Bonchev–Trinajstić information content (AvgIpc) is 2.46. The lowest BCUT2D eigenvalue weighted by Gasteiger charge is -2.12. The lowest BCUT2D eigenvalue weighted by atomic mass is 9.94. The highest BCUT2D eigenvalue weighted by atomic mass is 14.3. The minimum absolute atomic E-state index is 0.799. The zero-order valence-electron chi connectivity index (χ0n) is 8.03. The molecule has 0 atom stereocenters. The Morgan fingerprint density at radius 3 is 2.08 bits per heavy atom. The highest BCUT2D eigenvalue weighted by Gasteiger charge is 2.25. The molecule has 0 aromatic carbocycles. The minimum Gasteiger partial charge on any atom is -0.0998 e. The lowest BCUT2D eigenvalue weighted by molar-refractivity contribution is 0.648. The Hall–Kier alpha value is -0.520. The van der Waals surface area contributed by atoms with Crippen molar-refractivity contribution in [3.8, 4) is 0 Å². The largest absolute Gasteiger partial charge is 0.0998 e. The van der Waals surface area contributed by atoms with Crippen LogP contribution in [-0.4, -0.2) is 0 Å². The first kappa shape index (κ1) is 8.10. The zero-order chi connectivity index (χ0) is 8.55. The Kier molecular flexibility index (Phi) is 2.08. The fourth-order valence-electron chi connectivity index (χ4n) is 2.54. The van der Waals surface area contributed by atoms with Crippen LogP contribution in [0.15, 0.2) is 23.3 Å². The molecule has 66 valence electrons. The highest BCUT2D eigenvalue weighted by Crippen LogP contribution is 2.42. The molecule has 0 unspecified atom stereocenters. The Balaban J connectivity index is 2.07. The van der Waals surface area contributed by atoms with Crippen molar-refractivity contribution in [3.63, 3.8) is 0 Å². The molecule has 0 bridgehead atoms. The Labute approximate surface area is 75.4 Å². The summed E-state index contributed by atoms with van der Waals surface area (Å²) in [5.41, 5.74) is 4.97. The van der Waals surface area contributed by atoms with E-state index in [1.165, 1.54) is 44.1 Å². The van der Waals surface area contributed by atoms with E-state index in [4.69, 9.17) is 0 Å². The van der Waals surface area contributed by atoms with Gasteiger partial charge >= 0.3 is 0 Å². The van der Waals surface area contributed by atoms with Crippen LogP contribution in [0.25, 0.3) is 0 Å². The van der Waals surface area contributed by atoms with E-state index in [-0.39, 0.29) is 0 Å². The third-order valence-corrected chi connectivity index (χ3v) is 3.39. The topological polar surface area (TPSA) is 0 Å². The normalized spacial score (nSPS) is 24.4. The molecule has 0 heteroatoms. The second kappa shape index (κ2) is 3.08. The van der Waals surface area contributed by atoms with Crippen LogP contribution >= 0.6 is 0 Å². The molecule has 0 fully saturated rings. The summed E-state index contributed by atoms with van der Waals surface area (Å²) in [6.45, 7) is 6.25. The summed E-state index contributed by atoms with van der Waals surface area (Å²) >= 11 is 0. The lowest BCUT2D eigenvalue weighted by Crippen LogP contribution is -1.94. The quantitative estimate of drug-likeness (QED) is 0.514. The SMILES string of the molecule is C=C(C)C1CC2=C(CCCC2)C1. The van der Waals surface area contributed by atoms with Crippen LogP contribution in [0, 0.1) is 5.92 Å². The first-order valence-corrected chi connectivity index (χ1v) is 5.12. The van der Waals surface area contributed by atoms with Gasteiger partial charge in [0.2, 0.25) is 0 Å². The maximum absolute atomic E-state index is 4.07. The first-order valence-electron chi connectivity index (χ1n) is 5.12. The minimum atomic E-state index is 0.799. The molecular formula is C12H18. The van der Waals surface area contributed by atoms with Crippen molar-refractivity contribution in [1.29, 1.82) is 0 Å². The average molecular weight is 162 g/mol. The summed E-state index contributed by atoms with van der Waals surface area (Å²) in [5, 5.41) is 0. The second-order valence-corrected chi connectivity index (χ2v) is 4.37. The van der Waals surface area contributed by atoms with E-state index in [1.54, 1.807) is 11.1 Å². The van der Waals surface area contributed by atoms with Gasteiger partial charge in [-0.3, -0.25) is 0 Å². The van der Waals surface area contributed by atoms with Crippen LogP contribution in [0.2, 0.25) is 0 Å². The van der Waals surface area contributed by atoms with Gasteiger partial charge < -0.3 is 0 Å². The van der Waals surface area contributed by atoms with Crippen molar-refractivity contribution in [1.82, 2.24) is 0 Å². The molecule has 0 aliphatic heterocycles. The van der Waals surface area contributed by atoms with E-state index >= 15 is 0 Å². The molecule has 0 N–H and O–H groups in total. The summed E-state index contributed by atoms with van der Waals surface area (Å²) in [6, 6.07) is 0. The monoisotopic (exact) mass is 162 g/mol. The standard InChI is InChI=1S/C12H18/c1-9(2)12-7-10-5-3-4-6-11(10)8-12/h12H,1,3-8H2,2H3. The summed E-state index contributed by atoms with van der Waals surface area (Å²) in [7, 11) is 0. The van der Waals surface area contributed by atoms with Gasteiger partial charge in [0, 0.05) is 0 Å². The fourth-order valence-corrected chi connectivity index (χ4v) is 2.54. The number of rotatable bonds is 1. The van der Waals surface area contributed by atoms with Gasteiger partial charge in [-0.1, -0.05) is 23.3 Å². The molecule has 2 aliphatic rings. The van der Waals surface area contributed by atoms with Crippen molar-refractivity contribution in [3.05, 3.63) is 23.3 Å². The summed E-state index contributed by atoms with van der Waals surface area (Å²) < 4.78 is 0. The smallest absolute Gasteiger partial charge is 0.0134 e. The molecule has 0 spiro atoms. The molecule has 2 rings (SSSR count). The van der Waals surface area contributed by atoms with Gasteiger partial charge in [-0.2, -0.15) is 0 Å². The fraction of sp³-hybridized carbons (Fsp3) is 0.667. The Morgan fingerprint density at radius 1 is 1.17 bits per heavy atom. The van der Waals surface area contributed by atoms with E-state index in [0.29, 0.717) is 0 Å². The van der Waals surface area contributed by atoms with Gasteiger partial charge in [0.25, 0.3) is 0 Å². The maximum Gasteiger partial charge on any atom is -0.0134 e. The third-order valence-electron chi connectivity index (χ3n) is 3.39. The molecule has 0 radical (unpaired) electrons. The predicted octanol–water partition coefficient (Wildman–Crippen LogP) is 3.84. The Bertz CT molecular complexity index is 214. The van der Waals surface area contributed by atoms with Crippen LogP contribution in [0.4, 0.5) is 0 Å². The summed E-state index contributed by atoms with van der Waals surface area (Å²) in [5.74, 6) is 0.799. The van der Waals surface area contributed by atoms with Gasteiger partial charge in [0.1, 0.15) is 0 Å². The van der Waals surface area contributed by atoms with Gasteiger partial charge in [-0.05, 0) is 51.4 Å². The van der Waals surface area contributed by atoms with Crippen molar-refractivity contribution in [2.75, 3.05) is 0 Å². The Morgan fingerprint density at radius 2 is 1.67 bits per heavy atom. The molecular weight excluding hydrogens is 144 g/mol. The van der Waals surface area contributed by atoms with Crippen LogP contribution < -0.4 is 0 Å². The van der Waals surface area contributed by atoms with Crippen LogP contribution in [0.3, 0.4) is 0 Å². The van der Waals surface area contributed by atoms with Gasteiger partial charge in [0.15, 0.2) is 0 Å². The maximum atomic E-state index is 4.07. The second-order valence-electron chi connectivity index (χ2n) is 4.37. The van der Waals surface area contributed by atoms with Crippen molar-refractivity contribution in [2.45, 2.75) is 45.4 Å². The van der Waals surface area contributed by atoms with Crippen LogP contribution in [0.1, 0.15) is 45.4 Å². The molecule has 0 nitrogen and oxygen atoms in total. The summed E-state index contributed by atoms with van der Waals surface area (Å²) in [6.07, 6.45) is 8.32. The third kappa shape index (κ3) is 1.35. The molecule has 0 aromatic heterocycles. The van der Waals surface area contributed by atoms with Crippen molar-refractivity contribution < 1.29 is 0 Å². The van der Waals surface area contributed by atoms with Gasteiger partial charge in [0.05, 0.1) is 0 Å². The number of hydrogen-bond donors (Lipinski definition) is 0. The molecule has 0 saturated heterocycles. The zero-order valence-corrected chi connectivity index (χ0v) is 8.03. The van der Waals surface area contributed by atoms with Gasteiger partial charge in [-0.25, -0.2) is 0 Å². The predicted molar refractivity (Wildman–Crippen MR) is 53.0 cm³/mol. The van der Waals surface area contributed by atoms with E-state index in [9.17, 15) is 0 Å². The summed E-state index contributed by atoms with van der Waals surface area (Å²) in [4.78, 5) is 0. The highest BCUT2D eigenvalue weighted by molar-refractivity contribution is 5.27. The van der Waals surface area contributed by atoms with E-state index < -0.39 is 0 Å². The molecule has 0 amide bonds. The van der Waals surface area contributed by atoms with E-state index in [0.717, 1.165) is 5.92 Å². The molecule has 12 heavy (non-hydrogen) atoms. The van der Waals surface area contributed by atoms with Crippen molar-refractivity contribution >= 4 is 0 Å². The number of allylic oxidation sites excluding steroid dienone is 3. The van der Waals surface area contributed by atoms with Crippen LogP contribution in [0.5, 0.6) is 0 Å². The van der Waals surface area contributed by atoms with Gasteiger partial charge in [-0.15, -0.1) is 0 Å². The number of hydrogen-bond acceptors (Lipinski definition) is 0. The molecule has 0 aromatic rings. The first-order chi connectivity index (χ1) is 5.77. The van der Waals surface area contributed by atoms with Crippen LogP contribution in [-0.2, 0) is 0 Å². The molecule has 0 heterocycles. The van der Waals surface area contributed by atoms with E-state index in [2.05, 4.69) is 13.5 Å². The van der Waals surface area contributed by atoms with E-state index in [1.807, 2.05) is 0 Å².